The predicted octanol–water partition coefficient (Wildman–Crippen LogP) is 4.23. The van der Waals surface area contributed by atoms with Crippen molar-refractivity contribution in [3.8, 4) is 0 Å². The molecule has 2 atom stereocenters. The van der Waals surface area contributed by atoms with Crippen LogP contribution in [-0.2, 0) is 6.42 Å². The van der Waals surface area contributed by atoms with Crippen molar-refractivity contribution in [2.75, 3.05) is 0 Å². The molecule has 2 unspecified atom stereocenters. The maximum atomic E-state index is 3.89. The van der Waals surface area contributed by atoms with Crippen LogP contribution < -0.4 is 5.32 Å². The van der Waals surface area contributed by atoms with Crippen LogP contribution in [0.4, 0.5) is 0 Å². The fraction of sp³-hybridized carbons (Fsp3) is 0.647. The molecule has 3 rings (SSSR count). The Labute approximate surface area is 111 Å². The second kappa shape index (κ2) is 5.44. The molecule has 0 radical (unpaired) electrons. The van der Waals surface area contributed by atoms with Gasteiger partial charge in [0.2, 0.25) is 0 Å². The van der Waals surface area contributed by atoms with Gasteiger partial charge < -0.3 is 5.32 Å². The first-order valence-corrected chi connectivity index (χ1v) is 7.67. The predicted molar refractivity (Wildman–Crippen MR) is 76.7 cm³/mol. The highest BCUT2D eigenvalue weighted by molar-refractivity contribution is 5.31. The molecule has 1 saturated carbocycles. The summed E-state index contributed by atoms with van der Waals surface area (Å²) < 4.78 is 0. The van der Waals surface area contributed by atoms with E-state index >= 15 is 0 Å². The van der Waals surface area contributed by atoms with Crippen molar-refractivity contribution in [2.24, 2.45) is 5.92 Å². The van der Waals surface area contributed by atoms with E-state index in [1.807, 2.05) is 0 Å². The third kappa shape index (κ3) is 2.95. The number of nitrogens with one attached hydrogen (secondary N) is 1. The second-order valence-electron chi connectivity index (χ2n) is 6.24. The summed E-state index contributed by atoms with van der Waals surface area (Å²) in [5.41, 5.74) is 3.14. The van der Waals surface area contributed by atoms with E-state index in [1.54, 1.807) is 11.1 Å². The normalized spacial score (nSPS) is 25.3. The van der Waals surface area contributed by atoms with E-state index in [0.29, 0.717) is 12.1 Å². The standard InChI is InChI=1S/C17H25N/c1-13(12-14-10-11-14)18-17-9-5-3-7-15-6-2-4-8-16(15)17/h2,4,6,8,13-14,17-18H,3,5,7,9-12H2,1H3. The maximum absolute atomic E-state index is 3.89. The van der Waals surface area contributed by atoms with Gasteiger partial charge in [0.1, 0.15) is 0 Å². The molecule has 1 aromatic carbocycles. The minimum Gasteiger partial charge on any atom is -0.307 e. The summed E-state index contributed by atoms with van der Waals surface area (Å²) in [6.07, 6.45) is 9.60. The Balaban J connectivity index is 1.70. The Morgan fingerprint density at radius 3 is 2.83 bits per heavy atom. The summed E-state index contributed by atoms with van der Waals surface area (Å²) in [4.78, 5) is 0. The molecule has 2 aliphatic rings. The molecule has 1 fully saturated rings. The maximum Gasteiger partial charge on any atom is 0.0325 e. The fourth-order valence-electron chi connectivity index (χ4n) is 3.36. The number of benzene rings is 1. The zero-order valence-corrected chi connectivity index (χ0v) is 11.5. The number of hydrogen-bond donors (Lipinski definition) is 1. The van der Waals surface area contributed by atoms with E-state index in [0.717, 1.165) is 5.92 Å². The summed E-state index contributed by atoms with van der Waals surface area (Å²) in [7, 11) is 0. The van der Waals surface area contributed by atoms with Crippen LogP contribution in [0.3, 0.4) is 0 Å². The molecule has 0 aromatic heterocycles. The van der Waals surface area contributed by atoms with Gasteiger partial charge in [-0.3, -0.25) is 0 Å². The lowest BCUT2D eigenvalue weighted by atomic mass is 9.98. The third-order valence-electron chi connectivity index (χ3n) is 4.49. The van der Waals surface area contributed by atoms with E-state index in [2.05, 4.69) is 36.5 Å². The highest BCUT2D eigenvalue weighted by Crippen LogP contribution is 2.35. The highest BCUT2D eigenvalue weighted by atomic mass is 14.9. The van der Waals surface area contributed by atoms with Gasteiger partial charge in [0.15, 0.2) is 0 Å². The largest absolute Gasteiger partial charge is 0.307 e. The highest BCUT2D eigenvalue weighted by Gasteiger charge is 2.25. The minimum atomic E-state index is 0.595. The second-order valence-corrected chi connectivity index (χ2v) is 6.24. The SMILES string of the molecule is CC(CC1CC1)NC1CCCCc2ccccc21. The van der Waals surface area contributed by atoms with Crippen molar-refractivity contribution >= 4 is 0 Å². The van der Waals surface area contributed by atoms with Crippen LogP contribution in [-0.4, -0.2) is 6.04 Å². The van der Waals surface area contributed by atoms with Crippen molar-refractivity contribution in [1.29, 1.82) is 0 Å². The number of hydrogen-bond acceptors (Lipinski definition) is 1. The van der Waals surface area contributed by atoms with E-state index in [-0.39, 0.29) is 0 Å². The van der Waals surface area contributed by atoms with Crippen LogP contribution in [0.5, 0.6) is 0 Å². The topological polar surface area (TPSA) is 12.0 Å². The molecule has 1 heteroatoms. The molecule has 0 spiro atoms. The third-order valence-corrected chi connectivity index (χ3v) is 4.49. The van der Waals surface area contributed by atoms with E-state index < -0.39 is 0 Å². The molecule has 2 aliphatic carbocycles. The quantitative estimate of drug-likeness (QED) is 0.780. The van der Waals surface area contributed by atoms with Gasteiger partial charge in [-0.05, 0) is 49.7 Å². The zero-order chi connectivity index (χ0) is 12.4. The number of aryl methyl sites for hydroxylation is 1. The van der Waals surface area contributed by atoms with E-state index in [9.17, 15) is 0 Å². The molecule has 1 aromatic rings. The molecule has 1 nitrogen and oxygen atoms in total. The van der Waals surface area contributed by atoms with Crippen LogP contribution in [0, 0.1) is 5.92 Å². The molecule has 1 N–H and O–H groups in total. The van der Waals surface area contributed by atoms with E-state index in [1.165, 1.54) is 44.9 Å². The van der Waals surface area contributed by atoms with Gasteiger partial charge in [0.05, 0.1) is 0 Å². The van der Waals surface area contributed by atoms with Crippen LogP contribution >= 0.6 is 0 Å². The minimum absolute atomic E-state index is 0.595. The molecular formula is C17H25N. The van der Waals surface area contributed by atoms with E-state index in [4.69, 9.17) is 0 Å². The van der Waals surface area contributed by atoms with Crippen LogP contribution in [0.15, 0.2) is 24.3 Å². The lowest BCUT2D eigenvalue weighted by molar-refractivity contribution is 0.401. The molecule has 18 heavy (non-hydrogen) atoms. The van der Waals surface area contributed by atoms with Crippen molar-refractivity contribution in [2.45, 2.75) is 64.0 Å². The summed E-state index contributed by atoms with van der Waals surface area (Å²) in [6.45, 7) is 2.37. The van der Waals surface area contributed by atoms with Gasteiger partial charge in [-0.25, -0.2) is 0 Å². The number of rotatable bonds is 4. The summed E-state index contributed by atoms with van der Waals surface area (Å²) >= 11 is 0. The van der Waals surface area contributed by atoms with Crippen LogP contribution in [0.1, 0.15) is 62.6 Å². The zero-order valence-electron chi connectivity index (χ0n) is 11.5. The van der Waals surface area contributed by atoms with Crippen molar-refractivity contribution in [3.63, 3.8) is 0 Å². The smallest absolute Gasteiger partial charge is 0.0325 e. The fourth-order valence-corrected chi connectivity index (χ4v) is 3.36. The Morgan fingerprint density at radius 1 is 1.17 bits per heavy atom. The first-order valence-electron chi connectivity index (χ1n) is 7.67. The molecule has 0 heterocycles. The monoisotopic (exact) mass is 243 g/mol. The first kappa shape index (κ1) is 12.2. The Morgan fingerprint density at radius 2 is 2.00 bits per heavy atom. The molecular weight excluding hydrogens is 218 g/mol. The Hall–Kier alpha value is -0.820. The van der Waals surface area contributed by atoms with Gasteiger partial charge in [0, 0.05) is 12.1 Å². The van der Waals surface area contributed by atoms with Gasteiger partial charge in [-0.2, -0.15) is 0 Å². The lowest BCUT2D eigenvalue weighted by Crippen LogP contribution is -2.31. The van der Waals surface area contributed by atoms with Crippen molar-refractivity contribution < 1.29 is 0 Å². The summed E-state index contributed by atoms with van der Waals surface area (Å²) in [5, 5.41) is 3.89. The van der Waals surface area contributed by atoms with Gasteiger partial charge in [-0.1, -0.05) is 43.5 Å². The van der Waals surface area contributed by atoms with Gasteiger partial charge >= 0.3 is 0 Å². The first-order chi connectivity index (χ1) is 8.83. The number of fused-ring (bicyclic) bond motifs is 1. The summed E-state index contributed by atoms with van der Waals surface area (Å²) in [5.74, 6) is 1.02. The average Bonchev–Trinajstić information content (AvgIpc) is 3.18. The lowest BCUT2D eigenvalue weighted by Gasteiger charge is -2.24. The Kier molecular flexibility index (Phi) is 3.69. The average molecular weight is 243 g/mol. The van der Waals surface area contributed by atoms with Crippen LogP contribution in [0.2, 0.25) is 0 Å². The molecule has 0 saturated heterocycles. The van der Waals surface area contributed by atoms with Crippen molar-refractivity contribution in [1.82, 2.24) is 5.32 Å². The van der Waals surface area contributed by atoms with Crippen molar-refractivity contribution in [3.05, 3.63) is 35.4 Å². The molecule has 98 valence electrons. The van der Waals surface area contributed by atoms with Gasteiger partial charge in [0.25, 0.3) is 0 Å². The Bertz CT molecular complexity index is 394. The van der Waals surface area contributed by atoms with Gasteiger partial charge in [-0.15, -0.1) is 0 Å². The molecule has 0 amide bonds. The summed E-state index contributed by atoms with van der Waals surface area (Å²) in [6, 6.07) is 10.3. The molecule has 0 aliphatic heterocycles. The van der Waals surface area contributed by atoms with Crippen LogP contribution in [0.25, 0.3) is 0 Å². The molecule has 0 bridgehead atoms.